The van der Waals surface area contributed by atoms with E-state index in [-0.39, 0.29) is 12.6 Å². The highest BCUT2D eigenvalue weighted by atomic mass is 16.6. The Hall–Kier alpha value is -2.04. The van der Waals surface area contributed by atoms with E-state index in [2.05, 4.69) is 0 Å². The van der Waals surface area contributed by atoms with Crippen molar-refractivity contribution in [3.63, 3.8) is 0 Å². The lowest BCUT2D eigenvalue weighted by molar-refractivity contribution is -0.160. The predicted octanol–water partition coefficient (Wildman–Crippen LogP) is 2.91. The van der Waals surface area contributed by atoms with Crippen LogP contribution in [0.3, 0.4) is 0 Å². The first-order valence-electron chi connectivity index (χ1n) is 7.02. The van der Waals surface area contributed by atoms with Crippen molar-refractivity contribution in [1.29, 1.82) is 0 Å². The number of hydrogen-bond donors (Lipinski definition) is 0. The van der Waals surface area contributed by atoms with Crippen LogP contribution in [0.25, 0.3) is 0 Å². The van der Waals surface area contributed by atoms with Crippen molar-refractivity contribution in [2.24, 2.45) is 0 Å². The molecular weight excluding hydrogens is 270 g/mol. The summed E-state index contributed by atoms with van der Waals surface area (Å²) in [7, 11) is 0. The second kappa shape index (κ2) is 5.76. The van der Waals surface area contributed by atoms with Gasteiger partial charge in [0, 0.05) is 0 Å². The van der Waals surface area contributed by atoms with Crippen molar-refractivity contribution in [3.05, 3.63) is 35.9 Å². The lowest BCUT2D eigenvalue weighted by Crippen LogP contribution is -2.53. The molecule has 2 rings (SSSR count). The summed E-state index contributed by atoms with van der Waals surface area (Å²) in [6.45, 7) is 7.20. The van der Waals surface area contributed by atoms with Gasteiger partial charge in [-0.2, -0.15) is 0 Å². The average molecular weight is 291 g/mol. The van der Waals surface area contributed by atoms with Crippen LogP contribution in [0.4, 0.5) is 4.79 Å². The van der Waals surface area contributed by atoms with Crippen LogP contribution in [-0.2, 0) is 14.3 Å². The molecule has 1 aromatic carbocycles. The SMILES string of the molecule is CC1C(=O)OC[C@H](c2ccccc2)N1C(=O)OC(C)(C)C. The van der Waals surface area contributed by atoms with Gasteiger partial charge < -0.3 is 9.47 Å². The first-order chi connectivity index (χ1) is 9.79. The molecule has 0 aliphatic carbocycles. The molecule has 1 fully saturated rings. The van der Waals surface area contributed by atoms with Gasteiger partial charge in [-0.25, -0.2) is 9.59 Å². The van der Waals surface area contributed by atoms with E-state index < -0.39 is 23.7 Å². The van der Waals surface area contributed by atoms with E-state index in [9.17, 15) is 9.59 Å². The lowest BCUT2D eigenvalue weighted by Gasteiger charge is -2.39. The molecule has 0 aromatic heterocycles. The zero-order valence-electron chi connectivity index (χ0n) is 12.8. The second-order valence-corrected chi connectivity index (χ2v) is 6.12. The maximum absolute atomic E-state index is 12.4. The van der Waals surface area contributed by atoms with Crippen LogP contribution in [0.5, 0.6) is 0 Å². The topological polar surface area (TPSA) is 55.8 Å². The van der Waals surface area contributed by atoms with E-state index in [1.165, 1.54) is 4.90 Å². The fourth-order valence-corrected chi connectivity index (χ4v) is 2.28. The Balaban J connectivity index is 2.30. The smallest absolute Gasteiger partial charge is 0.411 e. The Morgan fingerprint density at radius 1 is 1.29 bits per heavy atom. The number of benzene rings is 1. The van der Waals surface area contributed by atoms with Gasteiger partial charge in [0.2, 0.25) is 0 Å². The van der Waals surface area contributed by atoms with Crippen molar-refractivity contribution < 1.29 is 19.1 Å². The highest BCUT2D eigenvalue weighted by molar-refractivity contribution is 5.82. The van der Waals surface area contributed by atoms with Gasteiger partial charge >= 0.3 is 12.1 Å². The predicted molar refractivity (Wildman–Crippen MR) is 77.7 cm³/mol. The molecule has 0 spiro atoms. The van der Waals surface area contributed by atoms with Gasteiger partial charge in [0.05, 0.1) is 6.04 Å². The highest BCUT2D eigenvalue weighted by Gasteiger charge is 2.41. The number of esters is 1. The number of amides is 1. The summed E-state index contributed by atoms with van der Waals surface area (Å²) >= 11 is 0. The minimum absolute atomic E-state index is 0.145. The maximum atomic E-state index is 12.4. The van der Waals surface area contributed by atoms with E-state index in [0.29, 0.717) is 0 Å². The Morgan fingerprint density at radius 3 is 2.48 bits per heavy atom. The number of rotatable bonds is 1. The van der Waals surface area contributed by atoms with E-state index in [1.54, 1.807) is 27.7 Å². The number of ether oxygens (including phenoxy) is 2. The van der Waals surface area contributed by atoms with Gasteiger partial charge in [0.1, 0.15) is 18.2 Å². The molecule has 5 heteroatoms. The van der Waals surface area contributed by atoms with E-state index in [0.717, 1.165) is 5.56 Å². The van der Waals surface area contributed by atoms with Crippen molar-refractivity contribution in [2.45, 2.75) is 45.4 Å². The summed E-state index contributed by atoms with van der Waals surface area (Å²) in [6, 6.07) is 8.52. The van der Waals surface area contributed by atoms with Crippen LogP contribution in [0.2, 0.25) is 0 Å². The summed E-state index contributed by atoms with van der Waals surface area (Å²) in [6.07, 6.45) is -0.500. The molecule has 5 nitrogen and oxygen atoms in total. The molecule has 2 atom stereocenters. The number of cyclic esters (lactones) is 1. The molecule has 0 saturated carbocycles. The van der Waals surface area contributed by atoms with Crippen molar-refractivity contribution in [2.75, 3.05) is 6.61 Å². The molecule has 1 aromatic rings. The van der Waals surface area contributed by atoms with E-state index >= 15 is 0 Å². The Bertz CT molecular complexity index is 521. The molecule has 0 bridgehead atoms. The Kier molecular flexibility index (Phi) is 4.21. The summed E-state index contributed by atoms with van der Waals surface area (Å²) in [5.41, 5.74) is 0.307. The summed E-state index contributed by atoms with van der Waals surface area (Å²) in [4.78, 5) is 25.7. The molecule has 1 amide bonds. The van der Waals surface area contributed by atoms with Gasteiger partial charge in [-0.1, -0.05) is 30.3 Å². The lowest BCUT2D eigenvalue weighted by atomic mass is 10.0. The third-order valence-electron chi connectivity index (χ3n) is 3.27. The zero-order chi connectivity index (χ0) is 15.6. The number of morpholine rings is 1. The van der Waals surface area contributed by atoms with Gasteiger partial charge in [-0.3, -0.25) is 4.90 Å². The van der Waals surface area contributed by atoms with Crippen molar-refractivity contribution in [1.82, 2.24) is 4.90 Å². The number of hydrogen-bond acceptors (Lipinski definition) is 4. The standard InChI is InChI=1S/C16H21NO4/c1-11-14(18)20-10-13(12-8-6-5-7-9-12)17(11)15(19)21-16(2,3)4/h5-9,11,13H,10H2,1-4H3/t11?,13-/m1/s1. The van der Waals surface area contributed by atoms with Crippen LogP contribution in [0.1, 0.15) is 39.3 Å². The minimum Gasteiger partial charge on any atom is -0.462 e. The van der Waals surface area contributed by atoms with Gasteiger partial charge in [-0.05, 0) is 33.3 Å². The molecule has 21 heavy (non-hydrogen) atoms. The highest BCUT2D eigenvalue weighted by Crippen LogP contribution is 2.29. The van der Waals surface area contributed by atoms with E-state index in [1.807, 2.05) is 30.3 Å². The van der Waals surface area contributed by atoms with Gasteiger partial charge in [-0.15, -0.1) is 0 Å². The first kappa shape index (κ1) is 15.4. The largest absolute Gasteiger partial charge is 0.462 e. The van der Waals surface area contributed by atoms with Crippen LogP contribution in [-0.4, -0.2) is 35.2 Å². The average Bonchev–Trinajstić information content (AvgIpc) is 2.40. The first-order valence-corrected chi connectivity index (χ1v) is 7.02. The molecule has 114 valence electrons. The molecule has 0 N–H and O–H groups in total. The molecule has 0 radical (unpaired) electrons. The fourth-order valence-electron chi connectivity index (χ4n) is 2.28. The molecule has 1 aliphatic rings. The van der Waals surface area contributed by atoms with Gasteiger partial charge in [0.15, 0.2) is 0 Å². The minimum atomic E-state index is -0.668. The van der Waals surface area contributed by atoms with Crippen LogP contribution < -0.4 is 0 Å². The van der Waals surface area contributed by atoms with Crippen LogP contribution >= 0.6 is 0 Å². The summed E-state index contributed by atoms with van der Waals surface area (Å²) in [5.74, 6) is -0.409. The van der Waals surface area contributed by atoms with Crippen molar-refractivity contribution in [3.8, 4) is 0 Å². The zero-order valence-corrected chi connectivity index (χ0v) is 12.8. The third-order valence-corrected chi connectivity index (χ3v) is 3.27. The number of carbonyl (C=O) groups is 2. The Morgan fingerprint density at radius 2 is 1.90 bits per heavy atom. The number of nitrogens with zero attached hydrogens (tertiary/aromatic N) is 1. The molecule has 1 heterocycles. The van der Waals surface area contributed by atoms with E-state index in [4.69, 9.17) is 9.47 Å². The molecule has 1 saturated heterocycles. The summed E-state index contributed by atoms with van der Waals surface area (Å²) in [5, 5.41) is 0. The maximum Gasteiger partial charge on any atom is 0.411 e. The quantitative estimate of drug-likeness (QED) is 0.747. The monoisotopic (exact) mass is 291 g/mol. The fraction of sp³-hybridized carbons (Fsp3) is 0.500. The van der Waals surface area contributed by atoms with Crippen molar-refractivity contribution >= 4 is 12.1 Å². The number of carbonyl (C=O) groups excluding carboxylic acids is 2. The second-order valence-electron chi connectivity index (χ2n) is 6.12. The van der Waals surface area contributed by atoms with Crippen LogP contribution in [0, 0.1) is 0 Å². The molecule has 1 unspecified atom stereocenters. The Labute approximate surface area is 124 Å². The normalized spacial score (nSPS) is 22.7. The van der Waals surface area contributed by atoms with Gasteiger partial charge in [0.25, 0.3) is 0 Å². The molecule has 1 aliphatic heterocycles. The third kappa shape index (κ3) is 3.54. The summed E-state index contributed by atoms with van der Waals surface area (Å²) < 4.78 is 10.6. The molecular formula is C16H21NO4. The van der Waals surface area contributed by atoms with Crippen LogP contribution in [0.15, 0.2) is 30.3 Å².